The van der Waals surface area contributed by atoms with Crippen LogP contribution in [0.3, 0.4) is 0 Å². The van der Waals surface area contributed by atoms with Gasteiger partial charge in [0.05, 0.1) is 25.2 Å². The van der Waals surface area contributed by atoms with Crippen LogP contribution >= 0.6 is 0 Å². The Morgan fingerprint density at radius 3 is 3.08 bits per heavy atom. The average Bonchev–Trinajstić information content (AvgIpc) is 3.24. The fourth-order valence-electron chi connectivity index (χ4n) is 2.45. The van der Waals surface area contributed by atoms with E-state index >= 15 is 0 Å². The summed E-state index contributed by atoms with van der Waals surface area (Å²) in [7, 11) is 3.80. The fourth-order valence-corrected chi connectivity index (χ4v) is 2.45. The van der Waals surface area contributed by atoms with Crippen LogP contribution in [-0.4, -0.2) is 54.1 Å². The highest BCUT2D eigenvalue weighted by atomic mass is 16.5. The second-order valence-electron chi connectivity index (χ2n) is 5.77. The van der Waals surface area contributed by atoms with E-state index in [4.69, 9.17) is 9.15 Å². The van der Waals surface area contributed by atoms with Gasteiger partial charge in [0.1, 0.15) is 11.9 Å². The lowest BCUT2D eigenvalue weighted by molar-refractivity contribution is -0.125. The lowest BCUT2D eigenvalue weighted by atomic mass is 10.3. The molecule has 1 amide bonds. The van der Waals surface area contributed by atoms with Crippen molar-refractivity contribution in [3.63, 3.8) is 0 Å². The Kier molecular flexibility index (Phi) is 4.79. The minimum atomic E-state index is -0.0716. The van der Waals surface area contributed by atoms with Gasteiger partial charge in [-0.1, -0.05) is 0 Å². The van der Waals surface area contributed by atoms with E-state index in [0.717, 1.165) is 12.2 Å². The molecule has 2 aromatic rings. The fraction of sp³-hybridized carbons (Fsp3) is 0.353. The van der Waals surface area contributed by atoms with Crippen molar-refractivity contribution in [3.8, 4) is 5.88 Å². The molecule has 2 aromatic heterocycles. The summed E-state index contributed by atoms with van der Waals surface area (Å²) in [6.07, 6.45) is 8.74. The minimum absolute atomic E-state index is 0.0503. The van der Waals surface area contributed by atoms with Crippen molar-refractivity contribution in [1.29, 1.82) is 0 Å². The summed E-state index contributed by atoms with van der Waals surface area (Å²) >= 11 is 0. The minimum Gasteiger partial charge on any atom is -0.471 e. The van der Waals surface area contributed by atoms with Gasteiger partial charge in [0.2, 0.25) is 11.8 Å². The first-order chi connectivity index (χ1) is 11.6. The molecule has 3 heterocycles. The molecule has 1 fully saturated rings. The summed E-state index contributed by atoms with van der Waals surface area (Å²) in [6, 6.07) is 3.59. The third kappa shape index (κ3) is 3.92. The number of hydrogen-bond acceptors (Lipinski definition) is 6. The molecular formula is C17H20N4O3. The van der Waals surface area contributed by atoms with Crippen molar-refractivity contribution < 1.29 is 13.9 Å². The standard InChI is InChI=1S/C17H20N4O3/c1-20(2)15-10-18-11-16(19-15)24-14-7-8-21(12-14)17(22)6-5-13-4-3-9-23-13/h3-6,9-11,14H,7-8,12H2,1-2H3/b6-5+/t14-/m1/s1. The van der Waals surface area contributed by atoms with Crippen molar-refractivity contribution in [2.45, 2.75) is 12.5 Å². The molecule has 0 aromatic carbocycles. The molecule has 0 bridgehead atoms. The quantitative estimate of drug-likeness (QED) is 0.780. The van der Waals surface area contributed by atoms with Crippen molar-refractivity contribution >= 4 is 17.8 Å². The summed E-state index contributed by atoms with van der Waals surface area (Å²) in [6.45, 7) is 1.20. The normalized spacial score (nSPS) is 17.4. The molecule has 7 nitrogen and oxygen atoms in total. The van der Waals surface area contributed by atoms with Gasteiger partial charge in [-0.3, -0.25) is 9.78 Å². The number of anilines is 1. The number of ether oxygens (including phenoxy) is 1. The molecule has 1 aliphatic rings. The first-order valence-corrected chi connectivity index (χ1v) is 7.78. The van der Waals surface area contributed by atoms with Crippen LogP contribution in [0.25, 0.3) is 6.08 Å². The summed E-state index contributed by atoms with van der Waals surface area (Å²) in [4.78, 5) is 24.3. The molecule has 1 aliphatic heterocycles. The Balaban J connectivity index is 1.55. The van der Waals surface area contributed by atoms with E-state index in [9.17, 15) is 4.79 Å². The van der Waals surface area contributed by atoms with Crippen LogP contribution in [0, 0.1) is 0 Å². The van der Waals surface area contributed by atoms with Crippen LogP contribution in [0.4, 0.5) is 5.82 Å². The molecule has 0 N–H and O–H groups in total. The number of amides is 1. The van der Waals surface area contributed by atoms with Crippen molar-refractivity contribution in [3.05, 3.63) is 42.6 Å². The molecular weight excluding hydrogens is 308 g/mol. The molecule has 7 heteroatoms. The van der Waals surface area contributed by atoms with Gasteiger partial charge in [-0.2, -0.15) is 4.98 Å². The Morgan fingerprint density at radius 1 is 1.46 bits per heavy atom. The molecule has 1 saturated heterocycles. The van der Waals surface area contributed by atoms with Crippen molar-refractivity contribution in [2.24, 2.45) is 0 Å². The van der Waals surface area contributed by atoms with Gasteiger partial charge in [0.25, 0.3) is 0 Å². The first-order valence-electron chi connectivity index (χ1n) is 7.78. The Labute approximate surface area is 140 Å². The zero-order valence-electron chi connectivity index (χ0n) is 13.8. The molecule has 1 atom stereocenters. The Morgan fingerprint density at radius 2 is 2.33 bits per heavy atom. The lowest BCUT2D eigenvalue weighted by Gasteiger charge is -2.16. The predicted molar refractivity (Wildman–Crippen MR) is 89.7 cm³/mol. The van der Waals surface area contributed by atoms with Crippen LogP contribution in [0.15, 0.2) is 41.3 Å². The summed E-state index contributed by atoms with van der Waals surface area (Å²) in [5.74, 6) is 1.82. The molecule has 0 unspecified atom stereocenters. The van der Waals surface area contributed by atoms with E-state index < -0.39 is 0 Å². The van der Waals surface area contributed by atoms with Gasteiger partial charge in [-0.05, 0) is 18.2 Å². The molecule has 0 saturated carbocycles. The number of nitrogens with zero attached hydrogens (tertiary/aromatic N) is 4. The molecule has 0 spiro atoms. The van der Waals surface area contributed by atoms with Crippen molar-refractivity contribution in [1.82, 2.24) is 14.9 Å². The van der Waals surface area contributed by atoms with E-state index in [2.05, 4.69) is 9.97 Å². The van der Waals surface area contributed by atoms with Gasteiger partial charge < -0.3 is 19.0 Å². The maximum Gasteiger partial charge on any atom is 0.246 e. The van der Waals surface area contributed by atoms with Gasteiger partial charge >= 0.3 is 0 Å². The number of carbonyl (C=O) groups excluding carboxylic acids is 1. The zero-order chi connectivity index (χ0) is 16.9. The Hall–Kier alpha value is -2.83. The largest absolute Gasteiger partial charge is 0.471 e. The average molecular weight is 328 g/mol. The van der Waals surface area contributed by atoms with E-state index in [-0.39, 0.29) is 12.0 Å². The SMILES string of the molecule is CN(C)c1cncc(O[C@@H]2CCN(C(=O)/C=C/c3ccco3)C2)n1. The van der Waals surface area contributed by atoms with E-state index in [1.807, 2.05) is 19.0 Å². The maximum atomic E-state index is 12.2. The number of likely N-dealkylation sites (tertiary alicyclic amines) is 1. The third-order valence-corrected chi connectivity index (χ3v) is 3.74. The third-order valence-electron chi connectivity index (χ3n) is 3.74. The van der Waals surface area contributed by atoms with E-state index in [1.165, 1.54) is 6.08 Å². The number of furan rings is 1. The second kappa shape index (κ2) is 7.16. The number of aromatic nitrogens is 2. The Bertz CT molecular complexity index is 712. The second-order valence-corrected chi connectivity index (χ2v) is 5.77. The zero-order valence-corrected chi connectivity index (χ0v) is 13.8. The summed E-state index contributed by atoms with van der Waals surface area (Å²) < 4.78 is 11.0. The van der Waals surface area contributed by atoms with Gasteiger partial charge in [0.15, 0.2) is 5.82 Å². The van der Waals surface area contributed by atoms with E-state index in [0.29, 0.717) is 24.7 Å². The number of rotatable bonds is 5. The summed E-state index contributed by atoms with van der Waals surface area (Å²) in [5.41, 5.74) is 0. The predicted octanol–water partition coefficient (Wildman–Crippen LogP) is 1.83. The summed E-state index contributed by atoms with van der Waals surface area (Å²) in [5, 5.41) is 0. The van der Waals surface area contributed by atoms with Gasteiger partial charge in [-0.25, -0.2) is 0 Å². The topological polar surface area (TPSA) is 71.7 Å². The monoisotopic (exact) mass is 328 g/mol. The van der Waals surface area contributed by atoms with Crippen LogP contribution in [-0.2, 0) is 4.79 Å². The molecule has 24 heavy (non-hydrogen) atoms. The molecule has 0 aliphatic carbocycles. The molecule has 3 rings (SSSR count). The lowest BCUT2D eigenvalue weighted by Crippen LogP contribution is -2.29. The number of carbonyl (C=O) groups is 1. The first kappa shape index (κ1) is 16.0. The molecule has 0 radical (unpaired) electrons. The van der Waals surface area contributed by atoms with Crippen molar-refractivity contribution in [2.75, 3.05) is 32.1 Å². The smallest absolute Gasteiger partial charge is 0.246 e. The van der Waals surface area contributed by atoms with Crippen LogP contribution in [0.5, 0.6) is 5.88 Å². The van der Waals surface area contributed by atoms with Gasteiger partial charge in [0, 0.05) is 33.1 Å². The highest BCUT2D eigenvalue weighted by Crippen LogP contribution is 2.18. The van der Waals surface area contributed by atoms with Crippen LogP contribution in [0.1, 0.15) is 12.2 Å². The van der Waals surface area contributed by atoms with Gasteiger partial charge in [-0.15, -0.1) is 0 Å². The number of hydrogen-bond donors (Lipinski definition) is 0. The van der Waals surface area contributed by atoms with E-state index in [1.54, 1.807) is 41.8 Å². The van der Waals surface area contributed by atoms with Crippen LogP contribution in [0.2, 0.25) is 0 Å². The maximum absolute atomic E-state index is 12.2. The highest BCUT2D eigenvalue weighted by molar-refractivity contribution is 5.91. The molecule has 126 valence electrons. The van der Waals surface area contributed by atoms with Crippen LogP contribution < -0.4 is 9.64 Å². The highest BCUT2D eigenvalue weighted by Gasteiger charge is 2.27.